The van der Waals surface area contributed by atoms with Crippen LogP contribution in [-0.2, 0) is 15.6 Å². The summed E-state index contributed by atoms with van der Waals surface area (Å²) in [7, 11) is -2.10. The van der Waals surface area contributed by atoms with Gasteiger partial charge in [0.05, 0.1) is 16.1 Å². The topological polar surface area (TPSA) is 102 Å². The number of benzene rings is 2. The lowest BCUT2D eigenvalue weighted by atomic mass is 9.77. The summed E-state index contributed by atoms with van der Waals surface area (Å²) in [6, 6.07) is 13.7. The molecule has 0 amide bonds. The van der Waals surface area contributed by atoms with Crippen molar-refractivity contribution in [2.24, 2.45) is 5.73 Å². The summed E-state index contributed by atoms with van der Waals surface area (Å²) in [6.45, 7) is 1.92. The molecule has 1 aromatic heterocycles. The summed E-state index contributed by atoms with van der Waals surface area (Å²) in [4.78, 5) is 4.67. The van der Waals surface area contributed by atoms with Gasteiger partial charge in [-0.1, -0.05) is 22.9 Å². The third kappa shape index (κ3) is 3.88. The summed E-state index contributed by atoms with van der Waals surface area (Å²) in [6.07, 6.45) is 2.77. The van der Waals surface area contributed by atoms with Gasteiger partial charge in [0.15, 0.2) is 5.82 Å². The fourth-order valence-corrected chi connectivity index (χ4v) is 4.34. The molecule has 1 heterocycles. The lowest BCUT2D eigenvalue weighted by molar-refractivity contribution is 0.229. The van der Waals surface area contributed by atoms with Gasteiger partial charge in [0.1, 0.15) is 0 Å². The van der Waals surface area contributed by atoms with Gasteiger partial charge in [-0.2, -0.15) is 4.98 Å². The minimum atomic E-state index is -3.63. The fraction of sp³-hybridized carbons (Fsp3) is 0.300. The number of sulfonamides is 1. The molecule has 0 bridgehead atoms. The number of hydrogen-bond donors (Lipinski definition) is 1. The first-order chi connectivity index (χ1) is 13.3. The van der Waals surface area contributed by atoms with Gasteiger partial charge in [-0.3, -0.25) is 4.31 Å². The lowest BCUT2D eigenvalue weighted by Crippen LogP contribution is -2.44. The highest BCUT2D eigenvalue weighted by Crippen LogP contribution is 2.37. The van der Waals surface area contributed by atoms with Gasteiger partial charge >= 0.3 is 0 Å². The van der Waals surface area contributed by atoms with Gasteiger partial charge in [0.2, 0.25) is 0 Å². The van der Waals surface area contributed by atoms with Crippen LogP contribution in [0.25, 0.3) is 11.5 Å². The van der Waals surface area contributed by atoms with E-state index in [4.69, 9.17) is 10.3 Å². The number of aromatic nitrogens is 2. The maximum absolute atomic E-state index is 12.8. The zero-order valence-electron chi connectivity index (χ0n) is 16.2. The predicted molar refractivity (Wildman–Crippen MR) is 113 cm³/mol. The highest BCUT2D eigenvalue weighted by atomic mass is 35.5. The van der Waals surface area contributed by atoms with E-state index in [2.05, 4.69) is 10.1 Å². The summed E-state index contributed by atoms with van der Waals surface area (Å²) >= 11 is 0. The largest absolute Gasteiger partial charge is 0.334 e. The van der Waals surface area contributed by atoms with E-state index in [-0.39, 0.29) is 17.3 Å². The maximum atomic E-state index is 12.8. The molecule has 0 atom stereocenters. The summed E-state index contributed by atoms with van der Waals surface area (Å²) in [5.41, 5.74) is 8.01. The average molecular weight is 435 g/mol. The fourth-order valence-electron chi connectivity index (χ4n) is 3.15. The zero-order chi connectivity index (χ0) is 19.9. The smallest absolute Gasteiger partial charge is 0.264 e. The number of nitrogens with zero attached hydrogens (tertiary/aromatic N) is 3. The summed E-state index contributed by atoms with van der Waals surface area (Å²) in [5, 5.41) is 4.01. The van der Waals surface area contributed by atoms with Crippen molar-refractivity contribution in [3.63, 3.8) is 0 Å². The Bertz CT molecular complexity index is 1090. The first kappa shape index (κ1) is 21.3. The van der Waals surface area contributed by atoms with E-state index in [1.165, 1.54) is 11.4 Å². The van der Waals surface area contributed by atoms with Crippen molar-refractivity contribution in [2.75, 3.05) is 11.4 Å². The number of halogens is 1. The van der Waals surface area contributed by atoms with Crippen molar-refractivity contribution < 1.29 is 12.9 Å². The van der Waals surface area contributed by atoms with Crippen LogP contribution >= 0.6 is 12.4 Å². The van der Waals surface area contributed by atoms with Gasteiger partial charge in [-0.05, 0) is 62.6 Å². The van der Waals surface area contributed by atoms with Crippen molar-refractivity contribution in [3.05, 3.63) is 59.9 Å². The maximum Gasteiger partial charge on any atom is 0.264 e. The van der Waals surface area contributed by atoms with E-state index in [0.29, 0.717) is 23.0 Å². The van der Waals surface area contributed by atoms with Crippen LogP contribution in [0.4, 0.5) is 5.69 Å². The molecule has 9 heteroatoms. The molecule has 3 aromatic rings. The van der Waals surface area contributed by atoms with E-state index in [0.717, 1.165) is 24.8 Å². The molecule has 1 aliphatic carbocycles. The Morgan fingerprint density at radius 3 is 2.24 bits per heavy atom. The summed E-state index contributed by atoms with van der Waals surface area (Å²) in [5.74, 6) is 0.902. The number of rotatable bonds is 5. The SMILES string of the molecule is Cc1ccc(S(=O)(=O)N(C)c2ccc(-c3nc(C4(N)CCC4)no3)cc2)cc1.Cl. The summed E-state index contributed by atoms with van der Waals surface area (Å²) < 4.78 is 32.2. The molecule has 0 aliphatic heterocycles. The van der Waals surface area contributed by atoms with Crippen molar-refractivity contribution >= 4 is 28.1 Å². The van der Waals surface area contributed by atoms with Crippen LogP contribution in [0.3, 0.4) is 0 Å². The predicted octanol–water partition coefficient (Wildman–Crippen LogP) is 3.63. The van der Waals surface area contributed by atoms with Crippen molar-refractivity contribution in [2.45, 2.75) is 36.6 Å². The van der Waals surface area contributed by atoms with Gasteiger partial charge in [0.25, 0.3) is 15.9 Å². The molecule has 0 saturated heterocycles. The average Bonchev–Trinajstić information content (AvgIpc) is 3.16. The van der Waals surface area contributed by atoms with Crippen LogP contribution in [-0.4, -0.2) is 25.6 Å². The van der Waals surface area contributed by atoms with Gasteiger partial charge in [-0.15, -0.1) is 12.4 Å². The molecular formula is C20H23ClN4O3S. The molecule has 7 nitrogen and oxygen atoms in total. The highest BCUT2D eigenvalue weighted by molar-refractivity contribution is 7.92. The molecule has 29 heavy (non-hydrogen) atoms. The molecule has 0 unspecified atom stereocenters. The molecule has 1 fully saturated rings. The molecular weight excluding hydrogens is 412 g/mol. The van der Waals surface area contributed by atoms with Crippen molar-refractivity contribution in [3.8, 4) is 11.5 Å². The van der Waals surface area contributed by atoms with E-state index in [1.54, 1.807) is 48.5 Å². The van der Waals surface area contributed by atoms with Crippen molar-refractivity contribution in [1.82, 2.24) is 10.1 Å². The Morgan fingerprint density at radius 1 is 1.07 bits per heavy atom. The molecule has 1 aliphatic rings. The van der Waals surface area contributed by atoms with Gasteiger partial charge in [0, 0.05) is 12.6 Å². The molecule has 0 spiro atoms. The van der Waals surface area contributed by atoms with E-state index < -0.39 is 15.6 Å². The molecule has 2 aromatic carbocycles. The Balaban J connectivity index is 0.00000240. The third-order valence-electron chi connectivity index (χ3n) is 5.27. The molecule has 2 N–H and O–H groups in total. The minimum absolute atomic E-state index is 0. The second-order valence-electron chi connectivity index (χ2n) is 7.27. The van der Waals surface area contributed by atoms with E-state index in [9.17, 15) is 8.42 Å². The zero-order valence-corrected chi connectivity index (χ0v) is 17.8. The van der Waals surface area contributed by atoms with Gasteiger partial charge < -0.3 is 10.3 Å². The van der Waals surface area contributed by atoms with E-state index >= 15 is 0 Å². The Morgan fingerprint density at radius 2 is 1.69 bits per heavy atom. The Labute approximate surface area is 176 Å². The van der Waals surface area contributed by atoms with Crippen LogP contribution in [0.5, 0.6) is 0 Å². The third-order valence-corrected chi connectivity index (χ3v) is 7.07. The number of anilines is 1. The second kappa shape index (κ2) is 7.78. The van der Waals surface area contributed by atoms with Crippen LogP contribution in [0.2, 0.25) is 0 Å². The number of nitrogens with two attached hydrogens (primary N) is 1. The van der Waals surface area contributed by atoms with Crippen molar-refractivity contribution in [1.29, 1.82) is 0 Å². The second-order valence-corrected chi connectivity index (χ2v) is 9.23. The van der Waals surface area contributed by atoms with Gasteiger partial charge in [-0.25, -0.2) is 8.42 Å². The van der Waals surface area contributed by atoms with Crippen LogP contribution in [0.15, 0.2) is 57.9 Å². The first-order valence-electron chi connectivity index (χ1n) is 9.09. The number of hydrogen-bond acceptors (Lipinski definition) is 6. The van der Waals surface area contributed by atoms with Crippen LogP contribution in [0.1, 0.15) is 30.7 Å². The first-order valence-corrected chi connectivity index (χ1v) is 10.5. The monoisotopic (exact) mass is 434 g/mol. The number of aryl methyl sites for hydroxylation is 1. The Hall–Kier alpha value is -2.42. The standard InChI is InChI=1S/C20H22N4O3S.ClH/c1-14-4-10-17(11-5-14)28(25,26)24(2)16-8-6-15(7-9-16)18-22-19(23-27-18)20(21)12-3-13-20;/h4-11H,3,12-13,21H2,1-2H3;1H. The Kier molecular flexibility index (Phi) is 5.71. The molecule has 1 saturated carbocycles. The van der Waals surface area contributed by atoms with E-state index in [1.807, 2.05) is 6.92 Å². The molecule has 154 valence electrons. The molecule has 0 radical (unpaired) electrons. The van der Waals surface area contributed by atoms with Crippen LogP contribution in [0, 0.1) is 6.92 Å². The quantitative estimate of drug-likeness (QED) is 0.657. The van der Waals surface area contributed by atoms with Crippen LogP contribution < -0.4 is 10.0 Å². The normalized spacial score (nSPS) is 15.3. The highest BCUT2D eigenvalue weighted by Gasteiger charge is 2.39. The lowest BCUT2D eigenvalue weighted by Gasteiger charge is -2.34. The minimum Gasteiger partial charge on any atom is -0.334 e. The molecule has 4 rings (SSSR count).